The standard InChI is InChI=1S/C35H34N2O5/c1-37-11-9-21-16-30-31-18-23(21)27(37)15-20-4-6-28(38)24(12-20)25-13-19(5-7-29(25)39-2)14-26-33-22(8-10-36-26)17-32(40-3)34(41-30)35(33)42-31/h4-7,12-13,16-18,26-27,36,38H,8-11,14-15H2,1-3H3/t26-,27-/m0/s1. The van der Waals surface area contributed by atoms with Crippen molar-refractivity contribution >= 4 is 0 Å². The average molecular weight is 563 g/mol. The van der Waals surface area contributed by atoms with Gasteiger partial charge in [-0.3, -0.25) is 4.90 Å². The molecule has 0 aliphatic carbocycles. The van der Waals surface area contributed by atoms with Crippen LogP contribution in [-0.2, 0) is 25.7 Å². The Bertz CT molecular complexity index is 1750. The number of hydrogen-bond donors (Lipinski definition) is 2. The third-order valence-electron chi connectivity index (χ3n) is 9.42. The van der Waals surface area contributed by atoms with E-state index >= 15 is 0 Å². The lowest BCUT2D eigenvalue weighted by atomic mass is 9.86. The van der Waals surface area contributed by atoms with Gasteiger partial charge in [-0.05, 0) is 110 Å². The molecule has 0 saturated carbocycles. The zero-order chi connectivity index (χ0) is 28.5. The van der Waals surface area contributed by atoms with Crippen LogP contribution in [0.4, 0.5) is 0 Å². The molecule has 7 heteroatoms. The topological polar surface area (TPSA) is 72.4 Å². The molecule has 0 unspecified atom stereocenters. The maximum Gasteiger partial charge on any atom is 0.212 e. The first-order valence-electron chi connectivity index (χ1n) is 14.7. The first-order chi connectivity index (χ1) is 20.5. The predicted octanol–water partition coefficient (Wildman–Crippen LogP) is 6.49. The molecule has 0 aromatic heterocycles. The van der Waals surface area contributed by atoms with Crippen molar-refractivity contribution in [1.29, 1.82) is 0 Å². The number of phenolic OH excluding ortho intramolecular Hbond substituents is 1. The van der Waals surface area contributed by atoms with Crippen LogP contribution in [0.1, 0.15) is 45.5 Å². The Labute approximate surface area is 245 Å². The molecule has 4 aliphatic heterocycles. The summed E-state index contributed by atoms with van der Waals surface area (Å²) in [5.74, 6) is 4.53. The van der Waals surface area contributed by atoms with E-state index in [1.165, 1.54) is 16.7 Å². The van der Waals surface area contributed by atoms with E-state index in [4.69, 9.17) is 18.9 Å². The fraction of sp³-hybridized carbons (Fsp3) is 0.314. The molecule has 7 nitrogen and oxygen atoms in total. The molecule has 214 valence electrons. The van der Waals surface area contributed by atoms with E-state index in [0.717, 1.165) is 89.6 Å². The maximum atomic E-state index is 11.1. The van der Waals surface area contributed by atoms with Crippen LogP contribution in [0.25, 0.3) is 11.1 Å². The molecule has 0 amide bonds. The molecule has 4 heterocycles. The normalized spacial score (nSPS) is 20.0. The third-order valence-corrected chi connectivity index (χ3v) is 9.42. The minimum Gasteiger partial charge on any atom is -0.507 e. The van der Waals surface area contributed by atoms with Crippen molar-refractivity contribution in [1.82, 2.24) is 10.2 Å². The maximum absolute atomic E-state index is 11.1. The number of nitrogens with zero attached hydrogens (tertiary/aromatic N) is 1. The Morgan fingerprint density at radius 1 is 0.810 bits per heavy atom. The summed E-state index contributed by atoms with van der Waals surface area (Å²) in [7, 11) is 5.55. The second kappa shape index (κ2) is 9.68. The van der Waals surface area contributed by atoms with E-state index < -0.39 is 0 Å². The molecular formula is C35H34N2O5. The van der Waals surface area contributed by atoms with Crippen LogP contribution in [0.5, 0.6) is 40.2 Å². The highest BCUT2D eigenvalue weighted by Crippen LogP contribution is 2.56. The number of nitrogens with one attached hydrogen (secondary N) is 1. The zero-order valence-electron chi connectivity index (χ0n) is 24.1. The highest BCUT2D eigenvalue weighted by Gasteiger charge is 2.35. The fourth-order valence-electron chi connectivity index (χ4n) is 7.23. The van der Waals surface area contributed by atoms with Gasteiger partial charge in [-0.25, -0.2) is 0 Å². The van der Waals surface area contributed by atoms with Gasteiger partial charge in [0, 0.05) is 35.3 Å². The van der Waals surface area contributed by atoms with Gasteiger partial charge in [0.05, 0.1) is 14.2 Å². The molecule has 42 heavy (non-hydrogen) atoms. The van der Waals surface area contributed by atoms with Gasteiger partial charge in [-0.1, -0.05) is 12.1 Å². The lowest BCUT2D eigenvalue weighted by Crippen LogP contribution is -2.33. The van der Waals surface area contributed by atoms with E-state index in [1.54, 1.807) is 14.2 Å². The lowest BCUT2D eigenvalue weighted by Gasteiger charge is -2.37. The molecule has 7 bridgehead atoms. The Kier molecular flexibility index (Phi) is 5.88. The SMILES string of the molecule is COc1ccc2cc1-c1cc(ccc1O)C[C@H]1c3cc4c(cc3CCN1C)Oc1c(OC)cc3c(c1O4)[C@H](C2)NCC3. The predicted molar refractivity (Wildman–Crippen MR) is 161 cm³/mol. The summed E-state index contributed by atoms with van der Waals surface area (Å²) in [6, 6.07) is 18.8. The van der Waals surface area contributed by atoms with Gasteiger partial charge >= 0.3 is 0 Å². The van der Waals surface area contributed by atoms with Crippen LogP contribution in [0, 0.1) is 0 Å². The van der Waals surface area contributed by atoms with E-state index in [2.05, 4.69) is 53.7 Å². The third kappa shape index (κ3) is 3.95. The molecule has 4 aliphatic rings. The molecule has 4 aromatic rings. The molecule has 0 saturated heterocycles. The van der Waals surface area contributed by atoms with Crippen molar-refractivity contribution in [3.05, 3.63) is 88.0 Å². The zero-order valence-corrected chi connectivity index (χ0v) is 24.1. The Balaban J connectivity index is 1.39. The van der Waals surface area contributed by atoms with Crippen LogP contribution in [0.3, 0.4) is 0 Å². The number of benzene rings is 4. The number of methoxy groups -OCH3 is 2. The van der Waals surface area contributed by atoms with Crippen molar-refractivity contribution in [3.8, 4) is 51.4 Å². The fourth-order valence-corrected chi connectivity index (χ4v) is 7.23. The number of aromatic hydroxyl groups is 1. The molecule has 2 N–H and O–H groups in total. The number of likely N-dealkylation sites (N-methyl/N-ethyl adjacent to an activating group) is 1. The van der Waals surface area contributed by atoms with Crippen molar-refractivity contribution in [2.24, 2.45) is 0 Å². The largest absolute Gasteiger partial charge is 0.507 e. The van der Waals surface area contributed by atoms with Crippen molar-refractivity contribution < 1.29 is 24.1 Å². The highest BCUT2D eigenvalue weighted by molar-refractivity contribution is 5.77. The number of ether oxygens (including phenoxy) is 4. The number of hydrogen-bond acceptors (Lipinski definition) is 7. The number of rotatable bonds is 2. The second-order valence-electron chi connectivity index (χ2n) is 11.8. The number of fused-ring (bicyclic) bond motifs is 5. The average Bonchev–Trinajstić information content (AvgIpc) is 3.00. The van der Waals surface area contributed by atoms with Gasteiger partial charge in [0.2, 0.25) is 5.75 Å². The van der Waals surface area contributed by atoms with Gasteiger partial charge in [-0.2, -0.15) is 0 Å². The van der Waals surface area contributed by atoms with Crippen LogP contribution < -0.4 is 24.3 Å². The van der Waals surface area contributed by atoms with Gasteiger partial charge in [0.25, 0.3) is 0 Å². The van der Waals surface area contributed by atoms with Gasteiger partial charge in [-0.15, -0.1) is 0 Å². The molecular weight excluding hydrogens is 528 g/mol. The van der Waals surface area contributed by atoms with Crippen LogP contribution in [0.2, 0.25) is 0 Å². The van der Waals surface area contributed by atoms with Gasteiger partial charge in [0.1, 0.15) is 11.5 Å². The summed E-state index contributed by atoms with van der Waals surface area (Å²) in [5.41, 5.74) is 8.80. The smallest absolute Gasteiger partial charge is 0.212 e. The van der Waals surface area contributed by atoms with Crippen LogP contribution in [0.15, 0.2) is 54.6 Å². The molecule has 4 aromatic carbocycles. The summed E-state index contributed by atoms with van der Waals surface area (Å²) in [6.45, 7) is 1.79. The molecule has 8 rings (SSSR count). The minimum atomic E-state index is 0.00384. The van der Waals surface area contributed by atoms with Crippen LogP contribution in [-0.4, -0.2) is 44.4 Å². The number of phenols is 1. The first kappa shape index (κ1) is 25.5. The Morgan fingerprint density at radius 2 is 1.57 bits per heavy atom. The summed E-state index contributed by atoms with van der Waals surface area (Å²) >= 11 is 0. The lowest BCUT2D eigenvalue weighted by molar-refractivity contribution is 0.227. The Hall–Kier alpha value is -4.20. The van der Waals surface area contributed by atoms with Crippen molar-refractivity contribution in [3.63, 3.8) is 0 Å². The summed E-state index contributed by atoms with van der Waals surface area (Å²) < 4.78 is 25.1. The van der Waals surface area contributed by atoms with E-state index in [9.17, 15) is 5.11 Å². The van der Waals surface area contributed by atoms with Gasteiger partial charge < -0.3 is 29.4 Å². The monoisotopic (exact) mass is 562 g/mol. The van der Waals surface area contributed by atoms with Crippen LogP contribution >= 0.6 is 0 Å². The van der Waals surface area contributed by atoms with E-state index in [1.807, 2.05) is 18.2 Å². The van der Waals surface area contributed by atoms with E-state index in [0.29, 0.717) is 11.5 Å². The summed E-state index contributed by atoms with van der Waals surface area (Å²) in [6.07, 6.45) is 3.34. The summed E-state index contributed by atoms with van der Waals surface area (Å²) in [5, 5.41) is 14.8. The Morgan fingerprint density at radius 3 is 2.43 bits per heavy atom. The van der Waals surface area contributed by atoms with Crippen molar-refractivity contribution in [2.75, 3.05) is 34.4 Å². The highest BCUT2D eigenvalue weighted by atomic mass is 16.6. The second-order valence-corrected chi connectivity index (χ2v) is 11.8. The van der Waals surface area contributed by atoms with Gasteiger partial charge in [0.15, 0.2) is 23.0 Å². The molecule has 0 fully saturated rings. The van der Waals surface area contributed by atoms with Crippen molar-refractivity contribution in [2.45, 2.75) is 37.8 Å². The molecule has 0 spiro atoms. The summed E-state index contributed by atoms with van der Waals surface area (Å²) in [4.78, 5) is 2.41. The molecule has 2 atom stereocenters. The quantitative estimate of drug-likeness (QED) is 0.255. The molecule has 0 radical (unpaired) electrons. The van der Waals surface area contributed by atoms with E-state index in [-0.39, 0.29) is 17.8 Å². The first-order valence-corrected chi connectivity index (χ1v) is 14.7. The minimum absolute atomic E-state index is 0.00384.